The Hall–Kier alpha value is -1.39. The van der Waals surface area contributed by atoms with Gasteiger partial charge in [-0.15, -0.1) is 0 Å². The largest absolute Gasteiger partial charge is 0.459 e. The molecule has 4 heteroatoms. The van der Waals surface area contributed by atoms with E-state index in [0.29, 0.717) is 12.3 Å². The minimum absolute atomic E-state index is 0.248. The van der Waals surface area contributed by atoms with E-state index in [4.69, 9.17) is 10.6 Å². The number of esters is 1. The van der Waals surface area contributed by atoms with E-state index in [1.165, 1.54) is 0 Å². The van der Waals surface area contributed by atoms with Gasteiger partial charge in [-0.05, 0) is 17.9 Å². The number of benzene rings is 1. The molecule has 1 aromatic rings. The summed E-state index contributed by atoms with van der Waals surface area (Å²) in [6.45, 7) is 4.24. The predicted molar refractivity (Wildman–Crippen MR) is 64.8 cm³/mol. The maximum atomic E-state index is 11.7. The minimum Gasteiger partial charge on any atom is -0.459 e. The zero-order chi connectivity index (χ0) is 12.7. The zero-order valence-electron chi connectivity index (χ0n) is 10.3. The van der Waals surface area contributed by atoms with Crippen LogP contribution in [0.1, 0.15) is 25.8 Å². The van der Waals surface area contributed by atoms with Crippen molar-refractivity contribution in [3.8, 4) is 0 Å². The van der Waals surface area contributed by atoms with Crippen molar-refractivity contribution in [1.82, 2.24) is 0 Å². The lowest BCUT2D eigenvalue weighted by molar-refractivity contribution is -0.160. The van der Waals surface area contributed by atoms with Crippen LogP contribution in [0, 0.1) is 5.92 Å². The molecule has 0 aliphatic rings. The summed E-state index contributed by atoms with van der Waals surface area (Å²) in [6, 6.07) is 9.50. The van der Waals surface area contributed by atoms with E-state index < -0.39 is 12.1 Å². The Morgan fingerprint density at radius 1 is 1.29 bits per heavy atom. The van der Waals surface area contributed by atoms with Crippen LogP contribution < -0.4 is 5.90 Å². The van der Waals surface area contributed by atoms with E-state index in [1.807, 2.05) is 44.2 Å². The van der Waals surface area contributed by atoms with Crippen LogP contribution in [0.4, 0.5) is 0 Å². The van der Waals surface area contributed by atoms with Crippen LogP contribution in [0.5, 0.6) is 0 Å². The van der Waals surface area contributed by atoms with Crippen LogP contribution in [0.2, 0.25) is 0 Å². The van der Waals surface area contributed by atoms with Crippen LogP contribution in [-0.4, -0.2) is 12.1 Å². The van der Waals surface area contributed by atoms with Crippen LogP contribution in [0.3, 0.4) is 0 Å². The Balaban J connectivity index is 2.42. The molecular weight excluding hydrogens is 218 g/mol. The van der Waals surface area contributed by atoms with Crippen molar-refractivity contribution in [2.45, 2.75) is 33.0 Å². The van der Waals surface area contributed by atoms with E-state index in [-0.39, 0.29) is 6.61 Å². The predicted octanol–water partition coefficient (Wildman–Crippen LogP) is 2.03. The Bertz CT molecular complexity index is 338. The monoisotopic (exact) mass is 237 g/mol. The molecule has 1 aromatic carbocycles. The number of carbonyl (C=O) groups is 1. The van der Waals surface area contributed by atoms with Gasteiger partial charge in [0.15, 0.2) is 6.10 Å². The number of carbonyl (C=O) groups excluding carboxylic acids is 1. The smallest absolute Gasteiger partial charge is 0.337 e. The number of hydrogen-bond acceptors (Lipinski definition) is 4. The molecular formula is C13H19NO3. The molecule has 17 heavy (non-hydrogen) atoms. The lowest BCUT2D eigenvalue weighted by Gasteiger charge is -2.15. The number of nitrogens with two attached hydrogens (primary N) is 1. The summed E-state index contributed by atoms with van der Waals surface area (Å²) < 4.78 is 5.14. The van der Waals surface area contributed by atoms with Gasteiger partial charge < -0.3 is 4.74 Å². The molecule has 2 N–H and O–H groups in total. The average molecular weight is 237 g/mol. The molecule has 0 aliphatic heterocycles. The summed E-state index contributed by atoms with van der Waals surface area (Å²) in [6.07, 6.45) is -0.122. The molecule has 0 aliphatic carbocycles. The molecule has 0 radical (unpaired) electrons. The van der Waals surface area contributed by atoms with Gasteiger partial charge in [-0.1, -0.05) is 44.2 Å². The fourth-order valence-corrected chi connectivity index (χ4v) is 1.46. The van der Waals surface area contributed by atoms with Crippen molar-refractivity contribution in [2.75, 3.05) is 0 Å². The van der Waals surface area contributed by atoms with Crippen molar-refractivity contribution in [2.24, 2.45) is 11.8 Å². The standard InChI is InChI=1S/C13H19NO3/c1-10(2)8-12(17-14)13(15)16-9-11-6-4-3-5-7-11/h3-7,10,12H,8-9,14H2,1-2H3/t12-/m0/s1. The van der Waals surface area contributed by atoms with Gasteiger partial charge in [-0.25, -0.2) is 10.7 Å². The Morgan fingerprint density at radius 2 is 1.94 bits per heavy atom. The molecule has 0 bridgehead atoms. The second-order valence-electron chi connectivity index (χ2n) is 4.35. The van der Waals surface area contributed by atoms with E-state index in [2.05, 4.69) is 4.84 Å². The third kappa shape index (κ3) is 4.97. The first-order chi connectivity index (χ1) is 8.13. The summed E-state index contributed by atoms with van der Waals surface area (Å²) in [5, 5.41) is 0. The van der Waals surface area contributed by atoms with Crippen molar-refractivity contribution in [3.63, 3.8) is 0 Å². The molecule has 1 rings (SSSR count). The van der Waals surface area contributed by atoms with Gasteiger partial charge in [-0.2, -0.15) is 0 Å². The molecule has 0 saturated heterocycles. The summed E-state index contributed by atoms with van der Waals surface area (Å²) in [7, 11) is 0. The Kier molecular flexibility index (Phi) is 5.66. The van der Waals surface area contributed by atoms with Crippen LogP contribution in [-0.2, 0) is 21.0 Å². The van der Waals surface area contributed by atoms with Crippen LogP contribution >= 0.6 is 0 Å². The lowest BCUT2D eigenvalue weighted by atomic mass is 10.1. The number of ether oxygens (including phenoxy) is 1. The zero-order valence-corrected chi connectivity index (χ0v) is 10.3. The highest BCUT2D eigenvalue weighted by Gasteiger charge is 2.21. The first-order valence-electron chi connectivity index (χ1n) is 5.69. The molecule has 0 unspecified atom stereocenters. The first kappa shape index (κ1) is 13.7. The number of rotatable bonds is 6. The maximum Gasteiger partial charge on any atom is 0.337 e. The van der Waals surface area contributed by atoms with Crippen molar-refractivity contribution in [3.05, 3.63) is 35.9 Å². The van der Waals surface area contributed by atoms with Gasteiger partial charge in [0.25, 0.3) is 0 Å². The Morgan fingerprint density at radius 3 is 2.47 bits per heavy atom. The quantitative estimate of drug-likeness (QED) is 0.607. The van der Waals surface area contributed by atoms with Crippen LogP contribution in [0.15, 0.2) is 30.3 Å². The van der Waals surface area contributed by atoms with Gasteiger partial charge in [0.2, 0.25) is 0 Å². The fraction of sp³-hybridized carbons (Fsp3) is 0.462. The SMILES string of the molecule is CC(C)C[C@H](ON)C(=O)OCc1ccccc1. The van der Waals surface area contributed by atoms with E-state index in [1.54, 1.807) is 0 Å². The molecule has 0 amide bonds. The van der Waals surface area contributed by atoms with E-state index >= 15 is 0 Å². The maximum absolute atomic E-state index is 11.7. The molecule has 1 atom stereocenters. The highest BCUT2D eigenvalue weighted by molar-refractivity contribution is 5.74. The van der Waals surface area contributed by atoms with Gasteiger partial charge in [0, 0.05) is 0 Å². The van der Waals surface area contributed by atoms with Gasteiger partial charge in [-0.3, -0.25) is 4.84 Å². The molecule has 0 heterocycles. The Labute approximate surface area is 102 Å². The minimum atomic E-state index is -0.682. The molecule has 0 fully saturated rings. The summed E-state index contributed by atoms with van der Waals surface area (Å²) >= 11 is 0. The summed E-state index contributed by atoms with van der Waals surface area (Å²) in [5.41, 5.74) is 0.946. The molecule has 0 saturated carbocycles. The molecule has 4 nitrogen and oxygen atoms in total. The van der Waals surface area contributed by atoms with Gasteiger partial charge in [0.05, 0.1) is 0 Å². The average Bonchev–Trinajstić information content (AvgIpc) is 2.34. The summed E-state index contributed by atoms with van der Waals surface area (Å²) in [5.74, 6) is 5.00. The fourth-order valence-electron chi connectivity index (χ4n) is 1.46. The second kappa shape index (κ2) is 7.04. The molecule has 0 aromatic heterocycles. The van der Waals surface area contributed by atoms with Crippen molar-refractivity contribution < 1.29 is 14.4 Å². The highest BCUT2D eigenvalue weighted by Crippen LogP contribution is 2.10. The van der Waals surface area contributed by atoms with E-state index in [9.17, 15) is 4.79 Å². The van der Waals surface area contributed by atoms with E-state index in [0.717, 1.165) is 5.56 Å². The number of hydrogen-bond donors (Lipinski definition) is 1. The summed E-state index contributed by atoms with van der Waals surface area (Å²) in [4.78, 5) is 16.3. The van der Waals surface area contributed by atoms with Crippen molar-refractivity contribution in [1.29, 1.82) is 0 Å². The van der Waals surface area contributed by atoms with Crippen molar-refractivity contribution >= 4 is 5.97 Å². The lowest BCUT2D eigenvalue weighted by Crippen LogP contribution is -2.30. The third-order valence-electron chi connectivity index (χ3n) is 2.34. The first-order valence-corrected chi connectivity index (χ1v) is 5.69. The van der Waals surface area contributed by atoms with Gasteiger partial charge >= 0.3 is 5.97 Å². The molecule has 0 spiro atoms. The second-order valence-corrected chi connectivity index (χ2v) is 4.35. The highest BCUT2D eigenvalue weighted by atomic mass is 16.6. The third-order valence-corrected chi connectivity index (χ3v) is 2.34. The van der Waals surface area contributed by atoms with Gasteiger partial charge in [0.1, 0.15) is 6.61 Å². The topological polar surface area (TPSA) is 61.5 Å². The van der Waals surface area contributed by atoms with Crippen LogP contribution in [0.25, 0.3) is 0 Å². The molecule has 94 valence electrons. The normalized spacial score (nSPS) is 12.5.